The van der Waals surface area contributed by atoms with Crippen LogP contribution >= 0.6 is 0 Å². The molecule has 0 saturated carbocycles. The SMILES string of the molecule is CCCN(C=O)C(C)(C(=O)O)c1ccc(F)cc1F. The van der Waals surface area contributed by atoms with Crippen LogP contribution in [0.25, 0.3) is 0 Å². The lowest BCUT2D eigenvalue weighted by molar-refractivity contribution is -0.155. The molecule has 1 rings (SSSR count). The van der Waals surface area contributed by atoms with Gasteiger partial charge >= 0.3 is 5.97 Å². The molecule has 1 aromatic rings. The molecule has 0 aliphatic rings. The first kappa shape index (κ1) is 15.1. The molecule has 0 bridgehead atoms. The van der Waals surface area contributed by atoms with Crippen LogP contribution in [-0.2, 0) is 15.1 Å². The highest BCUT2D eigenvalue weighted by Crippen LogP contribution is 2.30. The minimum atomic E-state index is -1.87. The Hall–Kier alpha value is -1.98. The lowest BCUT2D eigenvalue weighted by Gasteiger charge is -2.35. The van der Waals surface area contributed by atoms with Crippen molar-refractivity contribution in [1.29, 1.82) is 0 Å². The van der Waals surface area contributed by atoms with Crippen LogP contribution < -0.4 is 0 Å². The fourth-order valence-corrected chi connectivity index (χ4v) is 1.90. The van der Waals surface area contributed by atoms with Crippen molar-refractivity contribution in [3.05, 3.63) is 35.4 Å². The lowest BCUT2D eigenvalue weighted by Crippen LogP contribution is -2.50. The molecule has 0 spiro atoms. The molecule has 0 heterocycles. The van der Waals surface area contributed by atoms with Crippen LogP contribution in [-0.4, -0.2) is 28.9 Å². The Balaban J connectivity index is 3.40. The van der Waals surface area contributed by atoms with Crippen molar-refractivity contribution in [2.24, 2.45) is 0 Å². The molecular formula is C13H15F2NO3. The molecule has 6 heteroatoms. The number of nitrogens with zero attached hydrogens (tertiary/aromatic N) is 1. The molecule has 1 aromatic carbocycles. The molecule has 0 aromatic heterocycles. The summed E-state index contributed by atoms with van der Waals surface area (Å²) in [6, 6.07) is 2.62. The highest BCUT2D eigenvalue weighted by Gasteiger charge is 2.42. The number of aliphatic carboxylic acids is 1. The monoisotopic (exact) mass is 271 g/mol. The molecule has 1 N–H and O–H groups in total. The largest absolute Gasteiger partial charge is 0.479 e. The number of halogens is 2. The smallest absolute Gasteiger partial charge is 0.334 e. The van der Waals surface area contributed by atoms with E-state index >= 15 is 0 Å². The zero-order chi connectivity index (χ0) is 14.6. The van der Waals surface area contributed by atoms with Crippen molar-refractivity contribution in [2.45, 2.75) is 25.8 Å². The van der Waals surface area contributed by atoms with Crippen LogP contribution in [0, 0.1) is 11.6 Å². The zero-order valence-electron chi connectivity index (χ0n) is 10.7. The van der Waals surface area contributed by atoms with Crippen molar-refractivity contribution in [2.75, 3.05) is 6.54 Å². The Kier molecular flexibility index (Phi) is 4.58. The van der Waals surface area contributed by atoms with E-state index in [0.717, 1.165) is 17.0 Å². The average molecular weight is 271 g/mol. The van der Waals surface area contributed by atoms with Crippen molar-refractivity contribution in [3.8, 4) is 0 Å². The number of hydrogen-bond acceptors (Lipinski definition) is 2. The Morgan fingerprint density at radius 2 is 2.11 bits per heavy atom. The fraction of sp³-hybridized carbons (Fsp3) is 0.385. The summed E-state index contributed by atoms with van der Waals surface area (Å²) >= 11 is 0. The number of hydrogen-bond donors (Lipinski definition) is 1. The van der Waals surface area contributed by atoms with Crippen LogP contribution in [0.1, 0.15) is 25.8 Å². The molecule has 0 aliphatic heterocycles. The van der Waals surface area contributed by atoms with Crippen LogP contribution in [0.3, 0.4) is 0 Å². The Bertz CT molecular complexity index is 493. The fourth-order valence-electron chi connectivity index (χ4n) is 1.90. The third-order valence-corrected chi connectivity index (χ3v) is 3.04. The van der Waals surface area contributed by atoms with Crippen LogP contribution in [0.5, 0.6) is 0 Å². The van der Waals surface area contributed by atoms with Crippen molar-refractivity contribution >= 4 is 12.4 Å². The Morgan fingerprint density at radius 3 is 2.53 bits per heavy atom. The van der Waals surface area contributed by atoms with Gasteiger partial charge in [-0.2, -0.15) is 0 Å². The third-order valence-electron chi connectivity index (χ3n) is 3.04. The summed E-state index contributed by atoms with van der Waals surface area (Å²) in [6.07, 6.45) is 0.880. The van der Waals surface area contributed by atoms with Gasteiger partial charge in [0, 0.05) is 18.2 Å². The van der Waals surface area contributed by atoms with Gasteiger partial charge in [0.15, 0.2) is 5.54 Å². The van der Waals surface area contributed by atoms with Gasteiger partial charge in [-0.15, -0.1) is 0 Å². The van der Waals surface area contributed by atoms with Gasteiger partial charge < -0.3 is 10.0 Å². The maximum atomic E-state index is 13.8. The second-order valence-electron chi connectivity index (χ2n) is 4.30. The molecular weight excluding hydrogens is 256 g/mol. The normalized spacial score (nSPS) is 13.7. The minimum absolute atomic E-state index is 0.156. The summed E-state index contributed by atoms with van der Waals surface area (Å²) in [6.45, 7) is 3.14. The number of carbonyl (C=O) groups is 2. The molecule has 19 heavy (non-hydrogen) atoms. The average Bonchev–Trinajstić information content (AvgIpc) is 2.34. The van der Waals surface area contributed by atoms with Gasteiger partial charge in [-0.3, -0.25) is 4.79 Å². The maximum Gasteiger partial charge on any atom is 0.334 e. The Labute approximate surface area is 109 Å². The molecule has 4 nitrogen and oxygen atoms in total. The van der Waals surface area contributed by atoms with E-state index in [2.05, 4.69) is 0 Å². The van der Waals surface area contributed by atoms with Gasteiger partial charge in [-0.05, 0) is 19.4 Å². The number of carboxylic acids is 1. The van der Waals surface area contributed by atoms with E-state index in [0.29, 0.717) is 18.9 Å². The quantitative estimate of drug-likeness (QED) is 0.806. The highest BCUT2D eigenvalue weighted by atomic mass is 19.1. The maximum absolute atomic E-state index is 13.8. The molecule has 1 amide bonds. The highest BCUT2D eigenvalue weighted by molar-refractivity contribution is 5.83. The number of rotatable bonds is 6. The first-order valence-electron chi connectivity index (χ1n) is 5.78. The number of amides is 1. The summed E-state index contributed by atoms with van der Waals surface area (Å²) in [5.41, 5.74) is -2.11. The Morgan fingerprint density at radius 1 is 1.47 bits per heavy atom. The van der Waals surface area contributed by atoms with Crippen LogP contribution in [0.15, 0.2) is 18.2 Å². The van der Waals surface area contributed by atoms with E-state index in [-0.39, 0.29) is 12.1 Å². The molecule has 0 aliphatic carbocycles. The molecule has 104 valence electrons. The van der Waals surface area contributed by atoms with E-state index in [1.54, 1.807) is 6.92 Å². The topological polar surface area (TPSA) is 57.6 Å². The van der Waals surface area contributed by atoms with Gasteiger partial charge in [0.1, 0.15) is 11.6 Å². The number of carbonyl (C=O) groups excluding carboxylic acids is 1. The van der Waals surface area contributed by atoms with Crippen LogP contribution in [0.4, 0.5) is 8.78 Å². The van der Waals surface area contributed by atoms with Crippen molar-refractivity contribution < 1.29 is 23.5 Å². The molecule has 1 atom stereocenters. The number of benzene rings is 1. The first-order valence-corrected chi connectivity index (χ1v) is 5.78. The molecule has 0 fully saturated rings. The molecule has 1 unspecified atom stereocenters. The van der Waals surface area contributed by atoms with Crippen molar-refractivity contribution in [1.82, 2.24) is 4.90 Å². The van der Waals surface area contributed by atoms with Gasteiger partial charge in [0.25, 0.3) is 0 Å². The predicted octanol–water partition coefficient (Wildman–Crippen LogP) is 2.13. The van der Waals surface area contributed by atoms with E-state index in [9.17, 15) is 23.5 Å². The second-order valence-corrected chi connectivity index (χ2v) is 4.30. The summed E-state index contributed by atoms with van der Waals surface area (Å²) in [7, 11) is 0. The first-order chi connectivity index (χ1) is 8.87. The van der Waals surface area contributed by atoms with Gasteiger partial charge in [0.05, 0.1) is 0 Å². The third kappa shape index (κ3) is 2.72. The van der Waals surface area contributed by atoms with E-state index < -0.39 is 23.1 Å². The van der Waals surface area contributed by atoms with Crippen LogP contribution in [0.2, 0.25) is 0 Å². The number of carboxylic acid groups (broad SMARTS) is 1. The summed E-state index contributed by atoms with van der Waals surface area (Å²) in [5.74, 6) is -3.17. The molecule has 0 saturated heterocycles. The van der Waals surface area contributed by atoms with Gasteiger partial charge in [0.2, 0.25) is 6.41 Å². The second kappa shape index (κ2) is 5.77. The predicted molar refractivity (Wildman–Crippen MR) is 64.4 cm³/mol. The molecule has 0 radical (unpaired) electrons. The van der Waals surface area contributed by atoms with Crippen molar-refractivity contribution in [3.63, 3.8) is 0 Å². The van der Waals surface area contributed by atoms with E-state index in [4.69, 9.17) is 0 Å². The lowest BCUT2D eigenvalue weighted by atomic mass is 9.89. The van der Waals surface area contributed by atoms with E-state index in [1.807, 2.05) is 0 Å². The summed E-state index contributed by atoms with van der Waals surface area (Å²) in [5, 5.41) is 9.35. The zero-order valence-corrected chi connectivity index (χ0v) is 10.7. The van der Waals surface area contributed by atoms with Gasteiger partial charge in [-0.25, -0.2) is 13.6 Å². The van der Waals surface area contributed by atoms with E-state index in [1.165, 1.54) is 6.92 Å². The van der Waals surface area contributed by atoms with Gasteiger partial charge in [-0.1, -0.05) is 13.0 Å². The minimum Gasteiger partial charge on any atom is -0.479 e. The summed E-state index contributed by atoms with van der Waals surface area (Å²) < 4.78 is 26.7. The standard InChI is InChI=1S/C13H15F2NO3/c1-3-6-16(8-17)13(2,12(18)19)10-5-4-9(14)7-11(10)15/h4-5,7-8H,3,6H2,1-2H3,(H,18,19). The summed E-state index contributed by atoms with van der Waals surface area (Å²) in [4.78, 5) is 23.5.